The molecule has 2 saturated heterocycles. The van der Waals surface area contributed by atoms with Crippen LogP contribution in [0.25, 0.3) is 0 Å². The minimum atomic E-state index is 0.402. The van der Waals surface area contributed by atoms with Crippen LogP contribution in [0.15, 0.2) is 24.3 Å². The lowest BCUT2D eigenvalue weighted by molar-refractivity contribution is 0.120. The Morgan fingerprint density at radius 1 is 1.19 bits per heavy atom. The Balaban J connectivity index is 1.46. The van der Waals surface area contributed by atoms with Crippen LogP contribution in [0.3, 0.4) is 0 Å². The highest BCUT2D eigenvalue weighted by atomic mass is 16.5. The predicted molar refractivity (Wildman–Crippen MR) is 87.6 cm³/mol. The van der Waals surface area contributed by atoms with Crippen LogP contribution >= 0.6 is 0 Å². The Morgan fingerprint density at radius 2 is 2.05 bits per heavy atom. The summed E-state index contributed by atoms with van der Waals surface area (Å²) >= 11 is 0. The number of nitrogens with zero attached hydrogens (tertiary/aromatic N) is 1. The molecule has 21 heavy (non-hydrogen) atoms. The zero-order chi connectivity index (χ0) is 14.5. The molecule has 2 aliphatic heterocycles. The van der Waals surface area contributed by atoms with Gasteiger partial charge in [0.15, 0.2) is 0 Å². The lowest BCUT2D eigenvalue weighted by atomic mass is 10.00. The lowest BCUT2D eigenvalue weighted by Gasteiger charge is -2.30. The zero-order valence-corrected chi connectivity index (χ0v) is 13.2. The van der Waals surface area contributed by atoms with Gasteiger partial charge in [0.05, 0.1) is 6.10 Å². The van der Waals surface area contributed by atoms with Gasteiger partial charge >= 0.3 is 0 Å². The summed E-state index contributed by atoms with van der Waals surface area (Å²) < 4.78 is 5.64. The Hall–Kier alpha value is -1.06. The third-order valence-electron chi connectivity index (χ3n) is 4.66. The van der Waals surface area contributed by atoms with Crippen molar-refractivity contribution in [2.75, 3.05) is 31.6 Å². The molecule has 2 atom stereocenters. The van der Waals surface area contributed by atoms with Crippen molar-refractivity contribution in [3.05, 3.63) is 29.8 Å². The van der Waals surface area contributed by atoms with Crippen molar-refractivity contribution < 1.29 is 4.74 Å². The summed E-state index contributed by atoms with van der Waals surface area (Å²) in [6, 6.07) is 8.93. The zero-order valence-electron chi connectivity index (χ0n) is 13.2. The molecule has 3 rings (SSSR count). The van der Waals surface area contributed by atoms with Gasteiger partial charge in [-0.25, -0.2) is 0 Å². The number of piperidine rings is 1. The average Bonchev–Trinajstić information content (AvgIpc) is 3.00. The fourth-order valence-electron chi connectivity index (χ4n) is 3.45. The van der Waals surface area contributed by atoms with Gasteiger partial charge in [-0.1, -0.05) is 19.1 Å². The fourth-order valence-corrected chi connectivity index (χ4v) is 3.45. The summed E-state index contributed by atoms with van der Waals surface area (Å²) in [6.45, 7) is 7.82. The molecule has 0 spiro atoms. The second-order valence-electron chi connectivity index (χ2n) is 6.70. The quantitative estimate of drug-likeness (QED) is 0.897. The van der Waals surface area contributed by atoms with Crippen LogP contribution < -0.4 is 5.32 Å². The SMILES string of the molecule is CC1CCCN(Cc2ccc(NCC3CCCO3)cc2)C1. The van der Waals surface area contributed by atoms with Crippen LogP contribution in [0.5, 0.6) is 0 Å². The maximum absolute atomic E-state index is 5.64. The molecule has 0 aromatic heterocycles. The fraction of sp³-hybridized carbons (Fsp3) is 0.667. The number of hydrogen-bond acceptors (Lipinski definition) is 3. The number of rotatable bonds is 5. The molecule has 2 unspecified atom stereocenters. The second-order valence-corrected chi connectivity index (χ2v) is 6.70. The number of nitrogens with one attached hydrogen (secondary N) is 1. The molecule has 1 aromatic carbocycles. The molecule has 0 aliphatic carbocycles. The molecule has 2 heterocycles. The van der Waals surface area contributed by atoms with Gasteiger partial charge in [-0.15, -0.1) is 0 Å². The van der Waals surface area contributed by atoms with E-state index in [4.69, 9.17) is 4.74 Å². The maximum Gasteiger partial charge on any atom is 0.0748 e. The first-order chi connectivity index (χ1) is 10.3. The van der Waals surface area contributed by atoms with E-state index in [0.717, 1.165) is 25.6 Å². The molecule has 0 bridgehead atoms. The number of hydrogen-bond donors (Lipinski definition) is 1. The van der Waals surface area contributed by atoms with E-state index in [-0.39, 0.29) is 0 Å². The van der Waals surface area contributed by atoms with E-state index < -0.39 is 0 Å². The van der Waals surface area contributed by atoms with E-state index in [1.165, 1.54) is 50.0 Å². The van der Waals surface area contributed by atoms with Gasteiger partial charge in [0.25, 0.3) is 0 Å². The summed E-state index contributed by atoms with van der Waals surface area (Å²) in [5.74, 6) is 0.853. The van der Waals surface area contributed by atoms with E-state index in [1.807, 2.05) is 0 Å². The van der Waals surface area contributed by atoms with E-state index >= 15 is 0 Å². The molecule has 116 valence electrons. The molecule has 0 saturated carbocycles. The maximum atomic E-state index is 5.64. The van der Waals surface area contributed by atoms with Crippen molar-refractivity contribution in [3.63, 3.8) is 0 Å². The van der Waals surface area contributed by atoms with Crippen molar-refractivity contribution in [1.29, 1.82) is 0 Å². The predicted octanol–water partition coefficient (Wildman–Crippen LogP) is 3.51. The highest BCUT2D eigenvalue weighted by Crippen LogP contribution is 2.19. The normalized spacial score (nSPS) is 26.9. The van der Waals surface area contributed by atoms with Crippen molar-refractivity contribution in [3.8, 4) is 0 Å². The Bertz CT molecular complexity index is 425. The standard InChI is InChI=1S/C18H28N2O/c1-15-4-2-10-20(13-15)14-16-6-8-17(9-7-16)19-12-18-5-3-11-21-18/h6-9,15,18-19H,2-5,10-14H2,1H3. The smallest absolute Gasteiger partial charge is 0.0748 e. The van der Waals surface area contributed by atoms with Crippen LogP contribution in [0, 0.1) is 5.92 Å². The molecule has 1 N–H and O–H groups in total. The van der Waals surface area contributed by atoms with E-state index in [9.17, 15) is 0 Å². The van der Waals surface area contributed by atoms with Crippen molar-refractivity contribution in [1.82, 2.24) is 4.90 Å². The highest BCUT2D eigenvalue weighted by molar-refractivity contribution is 5.44. The first-order valence-electron chi connectivity index (χ1n) is 8.46. The third-order valence-corrected chi connectivity index (χ3v) is 4.66. The van der Waals surface area contributed by atoms with Crippen LogP contribution in [0.2, 0.25) is 0 Å². The molecule has 3 heteroatoms. The first-order valence-corrected chi connectivity index (χ1v) is 8.46. The molecule has 0 radical (unpaired) electrons. The van der Waals surface area contributed by atoms with E-state index in [0.29, 0.717) is 6.10 Å². The van der Waals surface area contributed by atoms with Crippen LogP contribution in [0.1, 0.15) is 38.2 Å². The van der Waals surface area contributed by atoms with Gasteiger partial charge in [-0.05, 0) is 55.8 Å². The number of ether oxygens (including phenoxy) is 1. The average molecular weight is 288 g/mol. The highest BCUT2D eigenvalue weighted by Gasteiger charge is 2.16. The van der Waals surface area contributed by atoms with Gasteiger partial charge in [-0.2, -0.15) is 0 Å². The number of anilines is 1. The number of benzene rings is 1. The van der Waals surface area contributed by atoms with Crippen molar-refractivity contribution in [2.24, 2.45) is 5.92 Å². The molecular weight excluding hydrogens is 260 g/mol. The molecule has 2 fully saturated rings. The molecular formula is C18H28N2O. The monoisotopic (exact) mass is 288 g/mol. The van der Waals surface area contributed by atoms with Crippen molar-refractivity contribution in [2.45, 2.75) is 45.3 Å². The van der Waals surface area contributed by atoms with Gasteiger partial charge in [0.2, 0.25) is 0 Å². The Kier molecular flexibility index (Phi) is 5.15. The summed E-state index contributed by atoms with van der Waals surface area (Å²) in [6.07, 6.45) is 5.54. The molecule has 1 aromatic rings. The summed E-state index contributed by atoms with van der Waals surface area (Å²) in [7, 11) is 0. The largest absolute Gasteiger partial charge is 0.382 e. The van der Waals surface area contributed by atoms with Crippen LogP contribution in [-0.2, 0) is 11.3 Å². The van der Waals surface area contributed by atoms with Gasteiger partial charge < -0.3 is 10.1 Å². The first kappa shape index (κ1) is 14.9. The second kappa shape index (κ2) is 7.28. The third kappa shape index (κ3) is 4.45. The minimum Gasteiger partial charge on any atom is -0.382 e. The Labute approximate surface area is 128 Å². The summed E-state index contributed by atoms with van der Waals surface area (Å²) in [5.41, 5.74) is 2.63. The van der Waals surface area contributed by atoms with E-state index in [2.05, 4.69) is 41.4 Å². The van der Waals surface area contributed by atoms with Gasteiger partial charge in [0.1, 0.15) is 0 Å². The van der Waals surface area contributed by atoms with Crippen LogP contribution in [-0.4, -0.2) is 37.2 Å². The summed E-state index contributed by atoms with van der Waals surface area (Å²) in [4.78, 5) is 2.59. The van der Waals surface area contributed by atoms with E-state index in [1.54, 1.807) is 0 Å². The number of likely N-dealkylation sites (tertiary alicyclic amines) is 1. The lowest BCUT2D eigenvalue weighted by Crippen LogP contribution is -2.33. The molecule has 0 amide bonds. The summed E-state index contributed by atoms with van der Waals surface area (Å²) in [5, 5.41) is 3.49. The molecule has 3 nitrogen and oxygen atoms in total. The Morgan fingerprint density at radius 3 is 2.76 bits per heavy atom. The topological polar surface area (TPSA) is 24.5 Å². The minimum absolute atomic E-state index is 0.402. The van der Waals surface area contributed by atoms with Gasteiger partial charge in [-0.3, -0.25) is 4.90 Å². The van der Waals surface area contributed by atoms with Crippen LogP contribution in [0.4, 0.5) is 5.69 Å². The molecule has 2 aliphatic rings. The van der Waals surface area contributed by atoms with Gasteiger partial charge in [0, 0.05) is 31.9 Å². The van der Waals surface area contributed by atoms with Crippen molar-refractivity contribution >= 4 is 5.69 Å².